The number of carbonyl (C=O) groups excluding carboxylic acids is 2. The molecule has 3 heterocycles. The van der Waals surface area contributed by atoms with Gasteiger partial charge >= 0.3 is 0 Å². The number of hydrogen-bond donors (Lipinski definition) is 0. The largest absolute Gasteiger partial charge is 0.348 e. The molecule has 7 nitrogen and oxygen atoms in total. The summed E-state index contributed by atoms with van der Waals surface area (Å²) in [6, 6.07) is 1.86. The number of rotatable bonds is 3. The molecule has 1 aromatic heterocycles. The number of nitrogens with zero attached hydrogens (tertiary/aromatic N) is 3. The predicted molar refractivity (Wildman–Crippen MR) is 112 cm³/mol. The molecule has 9 heteroatoms. The van der Waals surface area contributed by atoms with Crippen LogP contribution in [0.5, 0.6) is 0 Å². The quantitative estimate of drug-likeness (QED) is 0.719. The first-order chi connectivity index (χ1) is 13.6. The molecule has 2 atom stereocenters. The van der Waals surface area contributed by atoms with E-state index in [0.717, 1.165) is 31.2 Å². The van der Waals surface area contributed by atoms with E-state index in [9.17, 15) is 18.0 Å². The molecule has 3 fully saturated rings. The van der Waals surface area contributed by atoms with Gasteiger partial charge in [0.15, 0.2) is 0 Å². The lowest BCUT2D eigenvalue weighted by Crippen LogP contribution is -2.49. The number of sulfonamides is 1. The standard InChI is InChI=1S/C20H29N3O4S2/c1-21(2)18(25)20-6-5-19(16(20)12-23(14-20)29(3,26)27)7-9-22(10-8-19)17(24)15-4-11-28-13-15/h4,11,13,16H,5-10,12,14H2,1-3H3/t16-,20+/m1/s1. The molecule has 3 aliphatic rings. The molecule has 0 N–H and O–H groups in total. The molecule has 2 amide bonds. The second-order valence-electron chi connectivity index (χ2n) is 9.13. The molecular formula is C20H29N3O4S2. The fraction of sp³-hybridized carbons (Fsp3) is 0.700. The minimum absolute atomic E-state index is 0.0121. The molecule has 0 bridgehead atoms. The second kappa shape index (κ2) is 7.06. The number of amides is 2. The molecule has 1 saturated carbocycles. The number of likely N-dealkylation sites (tertiary alicyclic amines) is 1. The SMILES string of the molecule is CN(C)C(=O)[C@]12CCC3(CCN(C(=O)c4ccsc4)CC3)[C@H]1CN(S(C)(=O)=O)C2. The second-order valence-corrected chi connectivity index (χ2v) is 11.9. The Bertz CT molecular complexity index is 904. The lowest BCUT2D eigenvalue weighted by atomic mass is 9.65. The van der Waals surface area contributed by atoms with Crippen molar-refractivity contribution in [1.29, 1.82) is 0 Å². The Labute approximate surface area is 176 Å². The Balaban J connectivity index is 1.58. The van der Waals surface area contributed by atoms with Crippen LogP contribution in [0.4, 0.5) is 0 Å². The fourth-order valence-electron chi connectivity index (χ4n) is 5.89. The summed E-state index contributed by atoms with van der Waals surface area (Å²) in [4.78, 5) is 29.5. The Morgan fingerprint density at radius 1 is 1.17 bits per heavy atom. The van der Waals surface area contributed by atoms with Crippen LogP contribution in [-0.4, -0.2) is 80.9 Å². The molecular weight excluding hydrogens is 410 g/mol. The zero-order valence-electron chi connectivity index (χ0n) is 17.3. The summed E-state index contributed by atoms with van der Waals surface area (Å²) < 4.78 is 26.1. The Hall–Kier alpha value is -1.45. The Morgan fingerprint density at radius 3 is 2.41 bits per heavy atom. The number of carbonyl (C=O) groups is 2. The van der Waals surface area contributed by atoms with E-state index in [1.165, 1.54) is 21.9 Å². The third kappa shape index (κ3) is 3.31. The zero-order valence-corrected chi connectivity index (χ0v) is 18.9. The molecule has 160 valence electrons. The van der Waals surface area contributed by atoms with Crippen molar-refractivity contribution in [2.45, 2.75) is 25.7 Å². The van der Waals surface area contributed by atoms with Crippen LogP contribution >= 0.6 is 11.3 Å². The van der Waals surface area contributed by atoms with Gasteiger partial charge in [-0.1, -0.05) is 0 Å². The van der Waals surface area contributed by atoms with Gasteiger partial charge in [-0.05, 0) is 48.5 Å². The summed E-state index contributed by atoms with van der Waals surface area (Å²) in [5.41, 5.74) is 0.0291. The van der Waals surface area contributed by atoms with Crippen LogP contribution in [0, 0.1) is 16.7 Å². The van der Waals surface area contributed by atoms with Crippen LogP contribution in [0.2, 0.25) is 0 Å². The first kappa shape index (κ1) is 20.8. The van der Waals surface area contributed by atoms with Crippen LogP contribution in [-0.2, 0) is 14.8 Å². The highest BCUT2D eigenvalue weighted by atomic mass is 32.2. The molecule has 4 rings (SSSR count). The van der Waals surface area contributed by atoms with E-state index >= 15 is 0 Å². The highest BCUT2D eigenvalue weighted by Crippen LogP contribution is 2.62. The average molecular weight is 440 g/mol. The topological polar surface area (TPSA) is 78.0 Å². The zero-order chi connectivity index (χ0) is 21.0. The molecule has 2 aliphatic heterocycles. The van der Waals surface area contributed by atoms with Crippen molar-refractivity contribution in [3.05, 3.63) is 22.4 Å². The minimum Gasteiger partial charge on any atom is -0.348 e. The monoisotopic (exact) mass is 439 g/mol. The first-order valence-corrected chi connectivity index (χ1v) is 12.9. The van der Waals surface area contributed by atoms with E-state index in [4.69, 9.17) is 0 Å². The molecule has 0 aromatic carbocycles. The fourth-order valence-corrected chi connectivity index (χ4v) is 7.41. The van der Waals surface area contributed by atoms with Gasteiger partial charge < -0.3 is 9.80 Å². The van der Waals surface area contributed by atoms with Gasteiger partial charge in [-0.3, -0.25) is 9.59 Å². The minimum atomic E-state index is -3.35. The average Bonchev–Trinajstić information content (AvgIpc) is 3.38. The molecule has 2 saturated heterocycles. The number of fused-ring (bicyclic) bond motifs is 2. The van der Waals surface area contributed by atoms with Crippen molar-refractivity contribution in [2.24, 2.45) is 16.7 Å². The first-order valence-electron chi connectivity index (χ1n) is 10.1. The van der Waals surface area contributed by atoms with Gasteiger partial charge in [-0.25, -0.2) is 12.7 Å². The van der Waals surface area contributed by atoms with E-state index in [-0.39, 0.29) is 29.7 Å². The molecule has 1 spiro atoms. The van der Waals surface area contributed by atoms with E-state index < -0.39 is 15.4 Å². The van der Waals surface area contributed by atoms with Crippen molar-refractivity contribution in [3.8, 4) is 0 Å². The maximum atomic E-state index is 13.2. The van der Waals surface area contributed by atoms with Crippen LogP contribution < -0.4 is 0 Å². The lowest BCUT2D eigenvalue weighted by molar-refractivity contribution is -0.141. The maximum Gasteiger partial charge on any atom is 0.254 e. The maximum absolute atomic E-state index is 13.2. The molecule has 1 aliphatic carbocycles. The molecule has 29 heavy (non-hydrogen) atoms. The van der Waals surface area contributed by atoms with E-state index in [2.05, 4.69) is 0 Å². The molecule has 0 radical (unpaired) electrons. The van der Waals surface area contributed by atoms with Gasteiger partial charge in [-0.15, -0.1) is 0 Å². The van der Waals surface area contributed by atoms with E-state index in [0.29, 0.717) is 19.6 Å². The van der Waals surface area contributed by atoms with Gasteiger partial charge in [0.1, 0.15) is 0 Å². The van der Waals surface area contributed by atoms with Crippen molar-refractivity contribution in [1.82, 2.24) is 14.1 Å². The van der Waals surface area contributed by atoms with Crippen LogP contribution in [0.1, 0.15) is 36.0 Å². The Morgan fingerprint density at radius 2 is 1.86 bits per heavy atom. The summed E-state index contributed by atoms with van der Waals surface area (Å²) in [6.07, 6.45) is 4.53. The number of hydrogen-bond acceptors (Lipinski definition) is 5. The van der Waals surface area contributed by atoms with Gasteiger partial charge in [0, 0.05) is 45.7 Å². The van der Waals surface area contributed by atoms with Crippen molar-refractivity contribution in [2.75, 3.05) is 46.5 Å². The van der Waals surface area contributed by atoms with Crippen molar-refractivity contribution in [3.63, 3.8) is 0 Å². The predicted octanol–water partition coefficient (Wildman–Crippen LogP) is 1.73. The summed E-state index contributed by atoms with van der Waals surface area (Å²) in [5.74, 6) is 0.124. The molecule has 0 unspecified atom stereocenters. The van der Waals surface area contributed by atoms with Crippen LogP contribution in [0.15, 0.2) is 16.8 Å². The van der Waals surface area contributed by atoms with Gasteiger partial charge in [0.05, 0.1) is 17.2 Å². The normalized spacial score (nSPS) is 29.2. The van der Waals surface area contributed by atoms with Gasteiger partial charge in [0.2, 0.25) is 15.9 Å². The number of piperidine rings is 1. The van der Waals surface area contributed by atoms with E-state index in [1.807, 2.05) is 21.7 Å². The van der Waals surface area contributed by atoms with Crippen molar-refractivity contribution >= 4 is 33.2 Å². The highest BCUT2D eigenvalue weighted by molar-refractivity contribution is 7.88. The molecule has 1 aromatic rings. The van der Waals surface area contributed by atoms with Crippen LogP contribution in [0.25, 0.3) is 0 Å². The smallest absolute Gasteiger partial charge is 0.254 e. The lowest BCUT2D eigenvalue weighted by Gasteiger charge is -2.44. The van der Waals surface area contributed by atoms with Gasteiger partial charge in [-0.2, -0.15) is 11.3 Å². The summed E-state index contributed by atoms with van der Waals surface area (Å²) >= 11 is 1.52. The summed E-state index contributed by atoms with van der Waals surface area (Å²) in [7, 11) is 0.157. The van der Waals surface area contributed by atoms with Gasteiger partial charge in [0.25, 0.3) is 5.91 Å². The third-order valence-electron chi connectivity index (χ3n) is 7.44. The summed E-state index contributed by atoms with van der Waals surface area (Å²) in [5, 5.41) is 3.79. The van der Waals surface area contributed by atoms with Crippen LogP contribution in [0.3, 0.4) is 0 Å². The highest BCUT2D eigenvalue weighted by Gasteiger charge is 2.65. The summed E-state index contributed by atoms with van der Waals surface area (Å²) in [6.45, 7) is 2.02. The Kier molecular flexibility index (Phi) is 5.07. The van der Waals surface area contributed by atoms with E-state index in [1.54, 1.807) is 19.0 Å². The number of thiophene rings is 1. The third-order valence-corrected chi connectivity index (χ3v) is 9.34. The van der Waals surface area contributed by atoms with Crippen molar-refractivity contribution < 1.29 is 18.0 Å².